The third-order valence-electron chi connectivity index (χ3n) is 3.70. The molecule has 0 heterocycles. The van der Waals surface area contributed by atoms with Crippen molar-refractivity contribution in [2.75, 3.05) is 0 Å². The fraction of sp³-hybridized carbons (Fsp3) is 0.636. The Balaban J connectivity index is 2.58. The van der Waals surface area contributed by atoms with Gasteiger partial charge in [-0.05, 0) is 43.8 Å². The topological polar surface area (TPSA) is 54.4 Å². The molecule has 0 aromatic heterocycles. The molecule has 16 heavy (non-hydrogen) atoms. The first-order chi connectivity index (χ1) is 7.36. The van der Waals surface area contributed by atoms with E-state index in [0.717, 1.165) is 19.3 Å². The standard InChI is InChI=1S/C11H15ClO3S/c1-11(16(13,14)15)7-3-5-8-4-2-6-9(12)10(8)11/h2,6,8H,3-5,7H2,1H3,(H,13,14,15)/t8?,11-/m1/s1. The van der Waals surface area contributed by atoms with Gasteiger partial charge >= 0.3 is 0 Å². The van der Waals surface area contributed by atoms with Gasteiger partial charge in [0.05, 0.1) is 0 Å². The first-order valence-electron chi connectivity index (χ1n) is 5.40. The molecule has 0 aliphatic heterocycles. The number of halogens is 1. The minimum absolute atomic E-state index is 0.165. The van der Waals surface area contributed by atoms with Crippen LogP contribution < -0.4 is 0 Å². The van der Waals surface area contributed by atoms with Crippen LogP contribution >= 0.6 is 11.6 Å². The van der Waals surface area contributed by atoms with E-state index in [1.54, 1.807) is 13.0 Å². The summed E-state index contributed by atoms with van der Waals surface area (Å²) in [5.74, 6) is 0.165. The van der Waals surface area contributed by atoms with Gasteiger partial charge < -0.3 is 0 Å². The predicted octanol–water partition coefficient (Wildman–Crippen LogP) is 2.89. The molecule has 0 amide bonds. The van der Waals surface area contributed by atoms with Crippen LogP contribution in [0.15, 0.2) is 22.8 Å². The van der Waals surface area contributed by atoms with E-state index >= 15 is 0 Å². The zero-order valence-electron chi connectivity index (χ0n) is 9.11. The highest BCUT2D eigenvalue weighted by molar-refractivity contribution is 7.87. The molecule has 2 aliphatic rings. The van der Waals surface area contributed by atoms with Crippen LogP contribution in [0.3, 0.4) is 0 Å². The molecular weight excluding hydrogens is 248 g/mol. The normalized spacial score (nSPS) is 35.1. The molecule has 2 atom stereocenters. The molecule has 1 saturated carbocycles. The zero-order valence-corrected chi connectivity index (χ0v) is 10.7. The van der Waals surface area contributed by atoms with Gasteiger partial charge in [0, 0.05) is 5.03 Å². The monoisotopic (exact) mass is 262 g/mol. The van der Waals surface area contributed by atoms with Crippen molar-refractivity contribution in [3.05, 3.63) is 22.8 Å². The minimum Gasteiger partial charge on any atom is -0.285 e. The smallest absolute Gasteiger partial charge is 0.274 e. The van der Waals surface area contributed by atoms with Crippen molar-refractivity contribution in [3.63, 3.8) is 0 Å². The largest absolute Gasteiger partial charge is 0.285 e. The molecule has 0 aromatic rings. The molecule has 0 saturated heterocycles. The second-order valence-corrected chi connectivity index (χ2v) is 6.95. The molecule has 0 spiro atoms. The Hall–Kier alpha value is -0.320. The van der Waals surface area contributed by atoms with Crippen LogP contribution in [0.5, 0.6) is 0 Å². The van der Waals surface area contributed by atoms with Gasteiger partial charge in [-0.3, -0.25) is 4.55 Å². The van der Waals surface area contributed by atoms with E-state index in [2.05, 4.69) is 0 Å². The van der Waals surface area contributed by atoms with Crippen LogP contribution in [-0.4, -0.2) is 17.7 Å². The number of hydrogen-bond donors (Lipinski definition) is 1. The molecular formula is C11H15ClO3S. The molecule has 3 nitrogen and oxygen atoms in total. The summed E-state index contributed by atoms with van der Waals surface area (Å²) in [5, 5.41) is 0.482. The molecule has 90 valence electrons. The van der Waals surface area contributed by atoms with Crippen molar-refractivity contribution in [2.45, 2.75) is 37.4 Å². The minimum atomic E-state index is -4.10. The van der Waals surface area contributed by atoms with Crippen molar-refractivity contribution in [3.8, 4) is 0 Å². The van der Waals surface area contributed by atoms with Gasteiger partial charge in [-0.1, -0.05) is 24.1 Å². The zero-order chi connectivity index (χ0) is 12.0. The molecule has 5 heteroatoms. The van der Waals surface area contributed by atoms with Gasteiger partial charge in [-0.25, -0.2) is 0 Å². The summed E-state index contributed by atoms with van der Waals surface area (Å²) in [6.07, 6.45) is 6.72. The lowest BCUT2D eigenvalue weighted by atomic mass is 9.73. The maximum absolute atomic E-state index is 11.5. The molecule has 1 unspecified atom stereocenters. The van der Waals surface area contributed by atoms with E-state index < -0.39 is 14.9 Å². The first kappa shape index (κ1) is 12.1. The van der Waals surface area contributed by atoms with Crippen molar-refractivity contribution >= 4 is 21.7 Å². The maximum atomic E-state index is 11.5. The average Bonchev–Trinajstić information content (AvgIpc) is 2.16. The Bertz CT molecular complexity index is 464. The van der Waals surface area contributed by atoms with Crippen LogP contribution in [0.25, 0.3) is 0 Å². The summed E-state index contributed by atoms with van der Waals surface area (Å²) in [7, 11) is -4.10. The highest BCUT2D eigenvalue weighted by Gasteiger charge is 2.48. The Kier molecular flexibility index (Phi) is 2.93. The lowest BCUT2D eigenvalue weighted by molar-refractivity contribution is 0.361. The van der Waals surface area contributed by atoms with E-state index in [-0.39, 0.29) is 5.92 Å². The number of rotatable bonds is 1. The number of hydrogen-bond acceptors (Lipinski definition) is 2. The fourth-order valence-corrected chi connectivity index (χ4v) is 4.24. The van der Waals surface area contributed by atoms with E-state index in [1.807, 2.05) is 6.08 Å². The summed E-state index contributed by atoms with van der Waals surface area (Å²) in [6.45, 7) is 1.57. The van der Waals surface area contributed by atoms with E-state index in [4.69, 9.17) is 11.6 Å². The van der Waals surface area contributed by atoms with Crippen LogP contribution in [0.2, 0.25) is 0 Å². The number of allylic oxidation sites excluding steroid dienone is 3. The second-order valence-electron chi connectivity index (χ2n) is 4.69. The van der Waals surface area contributed by atoms with E-state index in [9.17, 15) is 13.0 Å². The van der Waals surface area contributed by atoms with Crippen LogP contribution in [0, 0.1) is 5.92 Å². The maximum Gasteiger partial charge on any atom is 0.274 e. The Morgan fingerprint density at radius 1 is 1.56 bits per heavy atom. The van der Waals surface area contributed by atoms with Crippen molar-refractivity contribution in [1.29, 1.82) is 0 Å². The Morgan fingerprint density at radius 2 is 2.25 bits per heavy atom. The molecule has 1 N–H and O–H groups in total. The SMILES string of the molecule is C[C@@]1(S(=O)(=O)O)CCCC2CC=CC(Cl)=C21. The van der Waals surface area contributed by atoms with Gasteiger partial charge in [0.15, 0.2) is 0 Å². The fourth-order valence-electron chi connectivity index (χ4n) is 2.77. The van der Waals surface area contributed by atoms with Gasteiger partial charge in [0.25, 0.3) is 10.1 Å². The number of fused-ring (bicyclic) bond motifs is 1. The van der Waals surface area contributed by atoms with Crippen molar-refractivity contribution in [1.82, 2.24) is 0 Å². The molecule has 1 fully saturated rings. The molecule has 2 rings (SSSR count). The molecule has 2 aliphatic carbocycles. The summed E-state index contributed by atoms with van der Waals surface area (Å²) in [5.41, 5.74) is 0.699. The lowest BCUT2D eigenvalue weighted by Crippen LogP contribution is -2.43. The van der Waals surface area contributed by atoms with Crippen LogP contribution in [0.4, 0.5) is 0 Å². The third-order valence-corrected chi connectivity index (χ3v) is 5.59. The highest BCUT2D eigenvalue weighted by Crippen LogP contribution is 2.47. The van der Waals surface area contributed by atoms with Crippen LogP contribution in [-0.2, 0) is 10.1 Å². The molecule has 0 aromatic carbocycles. The summed E-state index contributed by atoms with van der Waals surface area (Å²) < 4.78 is 31.3. The summed E-state index contributed by atoms with van der Waals surface area (Å²) in [6, 6.07) is 0. The van der Waals surface area contributed by atoms with Crippen molar-refractivity contribution < 1.29 is 13.0 Å². The summed E-state index contributed by atoms with van der Waals surface area (Å²) >= 11 is 6.10. The predicted molar refractivity (Wildman–Crippen MR) is 63.9 cm³/mol. The average molecular weight is 263 g/mol. The highest BCUT2D eigenvalue weighted by atomic mass is 35.5. The Labute approximate surface area is 101 Å². The van der Waals surface area contributed by atoms with Crippen molar-refractivity contribution in [2.24, 2.45) is 5.92 Å². The van der Waals surface area contributed by atoms with E-state index in [0.29, 0.717) is 17.0 Å². The lowest BCUT2D eigenvalue weighted by Gasteiger charge is -2.40. The van der Waals surface area contributed by atoms with Gasteiger partial charge in [0.2, 0.25) is 0 Å². The molecule has 0 bridgehead atoms. The summed E-state index contributed by atoms with van der Waals surface area (Å²) in [4.78, 5) is 0. The van der Waals surface area contributed by atoms with Crippen LogP contribution in [0.1, 0.15) is 32.6 Å². The van der Waals surface area contributed by atoms with E-state index in [1.165, 1.54) is 0 Å². The second kappa shape index (κ2) is 3.86. The quantitative estimate of drug-likeness (QED) is 0.740. The Morgan fingerprint density at radius 3 is 2.88 bits per heavy atom. The van der Waals surface area contributed by atoms with Gasteiger partial charge in [0.1, 0.15) is 4.75 Å². The van der Waals surface area contributed by atoms with Gasteiger partial charge in [-0.2, -0.15) is 8.42 Å². The molecule has 0 radical (unpaired) electrons. The third kappa shape index (κ3) is 1.73. The van der Waals surface area contributed by atoms with Gasteiger partial charge in [-0.15, -0.1) is 0 Å². The first-order valence-corrected chi connectivity index (χ1v) is 7.22.